The molecule has 2 aromatic heterocycles. The van der Waals surface area contributed by atoms with E-state index in [-0.39, 0.29) is 17.1 Å². The number of nitrogens with one attached hydrogen (secondary N) is 2. The number of hydrogen-bond acceptors (Lipinski definition) is 13. The van der Waals surface area contributed by atoms with Gasteiger partial charge in [0.15, 0.2) is 17.4 Å². The van der Waals surface area contributed by atoms with E-state index in [9.17, 15) is 38.7 Å². The zero-order chi connectivity index (χ0) is 32.1. The van der Waals surface area contributed by atoms with Crippen LogP contribution in [0.5, 0.6) is 0 Å². The number of aromatic nitrogens is 4. The van der Waals surface area contributed by atoms with Crippen LogP contribution in [0.4, 0.5) is 5.95 Å². The van der Waals surface area contributed by atoms with Crippen LogP contribution in [-0.2, 0) is 32.0 Å². The Hall–Kier alpha value is -3.80. The van der Waals surface area contributed by atoms with Crippen molar-refractivity contribution >= 4 is 38.7 Å². The molecular formula is C25H26N6O12P2. The van der Waals surface area contributed by atoms with E-state index in [1.807, 2.05) is 36.4 Å². The molecular weight excluding hydrogens is 638 g/mol. The van der Waals surface area contributed by atoms with Crippen molar-refractivity contribution in [1.29, 1.82) is 0 Å². The zero-order valence-corrected chi connectivity index (χ0v) is 24.7. The van der Waals surface area contributed by atoms with E-state index in [0.717, 1.165) is 33.1 Å². The molecule has 20 heteroatoms. The number of aliphatic hydroxyl groups excluding tert-OH is 2. The number of amides is 1. The first-order chi connectivity index (χ1) is 21.3. The maximum atomic E-state index is 12.7. The van der Waals surface area contributed by atoms with Crippen LogP contribution in [0.1, 0.15) is 23.4 Å². The number of imidazole rings is 1. The van der Waals surface area contributed by atoms with Gasteiger partial charge in [-0.2, -0.15) is 9.29 Å². The fraction of sp³-hybridized carbons (Fsp3) is 0.280. The number of aromatic amines is 1. The van der Waals surface area contributed by atoms with Crippen molar-refractivity contribution in [3.8, 4) is 11.1 Å². The largest absolute Gasteiger partial charge is 0.481 e. The van der Waals surface area contributed by atoms with Crippen LogP contribution in [0.2, 0.25) is 0 Å². The maximum absolute atomic E-state index is 12.7. The third-order valence-electron chi connectivity index (χ3n) is 7.17. The molecule has 0 radical (unpaired) electrons. The molecule has 6 atom stereocenters. The summed E-state index contributed by atoms with van der Waals surface area (Å²) in [5, 5.41) is 23.7. The van der Waals surface area contributed by atoms with E-state index in [2.05, 4.69) is 29.1 Å². The number of nitrogen functional groups attached to an aromatic ring is 1. The van der Waals surface area contributed by atoms with Gasteiger partial charge in [-0.3, -0.25) is 28.2 Å². The minimum absolute atomic E-state index is 0.0750. The Morgan fingerprint density at radius 1 is 1.02 bits per heavy atom. The number of anilines is 1. The first kappa shape index (κ1) is 31.2. The normalized spacial score (nSPS) is 23.7. The second-order valence-corrected chi connectivity index (χ2v) is 13.1. The Morgan fingerprint density at radius 2 is 1.64 bits per heavy atom. The summed E-state index contributed by atoms with van der Waals surface area (Å²) in [5.41, 5.74) is 8.15. The number of nitrogens with zero attached hydrogens (tertiary/aromatic N) is 3. The number of carbonyl (C=O) groups excluding carboxylic acids is 1. The highest BCUT2D eigenvalue weighted by atomic mass is 31.3. The van der Waals surface area contributed by atoms with Crippen molar-refractivity contribution in [3.05, 3.63) is 76.3 Å². The minimum atomic E-state index is -5.36. The maximum Gasteiger partial charge on any atom is 0.481 e. The summed E-state index contributed by atoms with van der Waals surface area (Å²) in [5.74, 6) is -1.06. The van der Waals surface area contributed by atoms with E-state index in [4.69, 9.17) is 15.0 Å². The molecule has 1 amide bonds. The highest BCUT2D eigenvalue weighted by molar-refractivity contribution is 7.61. The molecule has 1 saturated heterocycles. The second-order valence-electron chi connectivity index (χ2n) is 10.1. The summed E-state index contributed by atoms with van der Waals surface area (Å²) in [6, 6.07) is 14.2. The zero-order valence-electron chi connectivity index (χ0n) is 22.9. The van der Waals surface area contributed by atoms with Crippen molar-refractivity contribution in [2.24, 2.45) is 0 Å². The molecule has 18 nitrogen and oxygen atoms in total. The Labute approximate surface area is 252 Å². The van der Waals surface area contributed by atoms with Crippen molar-refractivity contribution in [2.75, 3.05) is 18.9 Å². The third kappa shape index (κ3) is 6.21. The van der Waals surface area contributed by atoms with Crippen LogP contribution < -0.4 is 16.6 Å². The molecule has 0 saturated carbocycles. The number of phosphoric acid groups is 2. The molecule has 2 aromatic carbocycles. The minimum Gasteiger partial charge on any atom is -0.387 e. The van der Waals surface area contributed by atoms with Crippen molar-refractivity contribution in [2.45, 2.75) is 30.6 Å². The Bertz CT molecular complexity index is 1890. The Morgan fingerprint density at radius 3 is 2.31 bits per heavy atom. The smallest absolute Gasteiger partial charge is 0.387 e. The summed E-state index contributed by atoms with van der Waals surface area (Å²) in [6.07, 6.45) is -5.08. The van der Waals surface area contributed by atoms with Crippen LogP contribution >= 0.6 is 15.6 Å². The monoisotopic (exact) mass is 664 g/mol. The van der Waals surface area contributed by atoms with Gasteiger partial charge >= 0.3 is 15.6 Å². The summed E-state index contributed by atoms with van der Waals surface area (Å²) < 4.78 is 45.2. The van der Waals surface area contributed by atoms with Gasteiger partial charge < -0.3 is 35.8 Å². The van der Waals surface area contributed by atoms with Crippen LogP contribution in [0.3, 0.4) is 0 Å². The summed E-state index contributed by atoms with van der Waals surface area (Å²) in [7, 11) is -10.7. The first-order valence-corrected chi connectivity index (χ1v) is 16.2. The number of rotatable bonds is 10. The molecule has 238 valence electrons. The molecule has 8 N–H and O–H groups in total. The average Bonchev–Trinajstić information content (AvgIpc) is 3.63. The predicted octanol–water partition coefficient (Wildman–Crippen LogP) is 0.458. The van der Waals surface area contributed by atoms with Gasteiger partial charge in [-0.25, -0.2) is 14.1 Å². The van der Waals surface area contributed by atoms with E-state index in [1.165, 1.54) is 0 Å². The second kappa shape index (κ2) is 11.9. The molecule has 4 aromatic rings. The number of benzene rings is 2. The molecule has 0 spiro atoms. The van der Waals surface area contributed by atoms with Crippen LogP contribution in [0.25, 0.3) is 22.3 Å². The highest BCUT2D eigenvalue weighted by Gasteiger charge is 2.46. The number of fused-ring (bicyclic) bond motifs is 4. The SMILES string of the molecule is Nc1nc2c(ncn2[C@@H]2O[C@H](COP(=O)(O)OP(=O)(O)OCC(=O)NC3c4ccccc4-c4ccccc43)[C@@H](O)[C@H]2O)c(=O)[nH]1. The van der Waals surface area contributed by atoms with Gasteiger partial charge in [-0.1, -0.05) is 48.5 Å². The predicted molar refractivity (Wildman–Crippen MR) is 153 cm³/mol. The summed E-state index contributed by atoms with van der Waals surface area (Å²) in [4.78, 5) is 54.8. The van der Waals surface area contributed by atoms with Crippen molar-refractivity contribution in [3.63, 3.8) is 0 Å². The van der Waals surface area contributed by atoms with Crippen molar-refractivity contribution < 1.29 is 52.0 Å². The van der Waals surface area contributed by atoms with Gasteiger partial charge in [-0.05, 0) is 22.3 Å². The molecule has 6 rings (SSSR count). The number of aliphatic hydroxyl groups is 2. The summed E-state index contributed by atoms with van der Waals surface area (Å²) in [6.45, 7) is -1.92. The Balaban J connectivity index is 1.04. The number of H-pyrrole nitrogens is 1. The molecule has 2 unspecified atom stereocenters. The van der Waals surface area contributed by atoms with E-state index in [0.29, 0.717) is 0 Å². The number of nitrogens with two attached hydrogens (primary N) is 1. The van der Waals surface area contributed by atoms with Gasteiger partial charge in [0.2, 0.25) is 11.9 Å². The van der Waals surface area contributed by atoms with Gasteiger partial charge in [-0.15, -0.1) is 0 Å². The number of hydrogen-bond donors (Lipinski definition) is 7. The quantitative estimate of drug-likeness (QED) is 0.113. The van der Waals surface area contributed by atoms with Crippen LogP contribution in [0.15, 0.2) is 59.7 Å². The van der Waals surface area contributed by atoms with Gasteiger partial charge in [0.1, 0.15) is 24.9 Å². The molecule has 1 fully saturated rings. The molecule has 1 aliphatic heterocycles. The fourth-order valence-corrected chi connectivity index (χ4v) is 7.26. The number of phosphoric ester groups is 2. The number of carbonyl (C=O) groups is 1. The molecule has 3 heterocycles. The van der Waals surface area contributed by atoms with E-state index >= 15 is 0 Å². The molecule has 0 bridgehead atoms. The van der Waals surface area contributed by atoms with Crippen LogP contribution in [-0.4, -0.2) is 77.0 Å². The van der Waals surface area contributed by atoms with Crippen molar-refractivity contribution in [1.82, 2.24) is 24.8 Å². The van der Waals surface area contributed by atoms with Crippen LogP contribution in [0, 0.1) is 0 Å². The lowest BCUT2D eigenvalue weighted by Crippen LogP contribution is -2.33. The summed E-state index contributed by atoms with van der Waals surface area (Å²) >= 11 is 0. The van der Waals surface area contributed by atoms with Gasteiger partial charge in [0.25, 0.3) is 5.56 Å². The van der Waals surface area contributed by atoms with Gasteiger partial charge in [0.05, 0.1) is 19.0 Å². The lowest BCUT2D eigenvalue weighted by atomic mass is 10.1. The Kier molecular flexibility index (Phi) is 8.21. The first-order valence-electron chi connectivity index (χ1n) is 13.2. The molecule has 1 aliphatic carbocycles. The average molecular weight is 664 g/mol. The molecule has 45 heavy (non-hydrogen) atoms. The fourth-order valence-electron chi connectivity index (χ4n) is 5.23. The van der Waals surface area contributed by atoms with E-state index in [1.54, 1.807) is 12.1 Å². The lowest BCUT2D eigenvalue weighted by Gasteiger charge is -2.20. The molecule has 2 aliphatic rings. The van der Waals surface area contributed by atoms with E-state index < -0.39 is 70.9 Å². The standard InChI is InChI=1S/C25H26N6O12P2/c26-25-29-22-19(23(35)30-25)27-11-31(22)24-21(34)20(33)16(42-24)9-40-44(36,37)43-45(38,39)41-10-17(32)28-18-14-7-3-1-5-12(14)13-6-2-4-8-15(13)18/h1-8,11,16,18,20-21,24,33-34H,9-10H2,(H,28,32)(H,36,37)(H,38,39)(H3,26,29,30,35)/t16-,20-,21-,24-/m1/s1. The number of ether oxygens (including phenoxy) is 1. The highest BCUT2D eigenvalue weighted by Crippen LogP contribution is 2.60. The topological polar surface area (TPSA) is 271 Å². The third-order valence-corrected chi connectivity index (χ3v) is 9.75. The lowest BCUT2D eigenvalue weighted by molar-refractivity contribution is -0.124. The van der Waals surface area contributed by atoms with Gasteiger partial charge in [0, 0.05) is 0 Å².